The Bertz CT molecular complexity index is 389. The van der Waals surface area contributed by atoms with Gasteiger partial charge in [-0.25, -0.2) is 8.78 Å². The summed E-state index contributed by atoms with van der Waals surface area (Å²) in [5.41, 5.74) is 0. The van der Waals surface area contributed by atoms with E-state index in [0.29, 0.717) is 18.3 Å². The summed E-state index contributed by atoms with van der Waals surface area (Å²) in [6, 6.07) is -0.570. The highest BCUT2D eigenvalue weighted by Crippen LogP contribution is 2.33. The van der Waals surface area contributed by atoms with Crippen molar-refractivity contribution in [1.29, 1.82) is 0 Å². The maximum absolute atomic E-state index is 14.3. The normalized spacial score (nSPS) is 28.4. The van der Waals surface area contributed by atoms with Crippen molar-refractivity contribution in [3.63, 3.8) is 0 Å². The number of nitrogens with zero attached hydrogens (tertiary/aromatic N) is 2. The maximum Gasteiger partial charge on any atom is 0.275 e. The van der Waals surface area contributed by atoms with Crippen molar-refractivity contribution in [2.45, 2.75) is 52.0 Å². The van der Waals surface area contributed by atoms with Gasteiger partial charge in [-0.05, 0) is 38.9 Å². The average Bonchev–Trinajstić information content (AvgIpc) is 2.44. The average molecular weight is 298 g/mol. The number of alkyl halides is 2. The molecule has 1 atom stereocenters. The van der Waals surface area contributed by atoms with Crippen LogP contribution >= 0.6 is 0 Å². The first-order valence-corrected chi connectivity index (χ1v) is 8.27. The largest absolute Gasteiger partial charge is 0.298 e. The van der Waals surface area contributed by atoms with E-state index >= 15 is 0 Å². The minimum absolute atomic E-state index is 0.0821. The zero-order chi connectivity index (χ0) is 15.5. The summed E-state index contributed by atoms with van der Waals surface area (Å²) in [5.74, 6) is 4.74. The molecule has 2 saturated heterocycles. The molecule has 2 aliphatic heterocycles. The van der Waals surface area contributed by atoms with Crippen molar-refractivity contribution in [3.8, 4) is 11.8 Å². The Hall–Kier alpha value is -0.660. The molecule has 0 aromatic heterocycles. The highest BCUT2D eigenvalue weighted by atomic mass is 19.3. The Morgan fingerprint density at radius 2 is 1.81 bits per heavy atom. The topological polar surface area (TPSA) is 6.48 Å². The van der Waals surface area contributed by atoms with Crippen LogP contribution in [0.25, 0.3) is 0 Å². The second-order valence-electron chi connectivity index (χ2n) is 6.69. The molecule has 0 radical (unpaired) electrons. The SMILES string of the molecule is CCN1CCC(N2CCC(C#CC(C)C)CC2)C(F)(F)C1. The standard InChI is InChI=1S/C17H28F2N2/c1-4-20-10-9-16(17(18,19)13-20)21-11-7-15(8-12-21)6-5-14(2)3/h14-16H,4,7-13H2,1-3H3. The minimum Gasteiger partial charge on any atom is -0.298 e. The van der Waals surface area contributed by atoms with Crippen LogP contribution in [-0.4, -0.2) is 54.5 Å². The molecule has 0 N–H and O–H groups in total. The number of likely N-dealkylation sites (tertiary alicyclic amines) is 2. The van der Waals surface area contributed by atoms with Gasteiger partial charge in [0.15, 0.2) is 0 Å². The van der Waals surface area contributed by atoms with Crippen molar-refractivity contribution in [3.05, 3.63) is 0 Å². The molecular weight excluding hydrogens is 270 g/mol. The smallest absolute Gasteiger partial charge is 0.275 e. The van der Waals surface area contributed by atoms with E-state index in [1.807, 2.05) is 16.7 Å². The molecule has 0 bridgehead atoms. The van der Waals surface area contributed by atoms with Crippen LogP contribution in [0.3, 0.4) is 0 Å². The Kier molecular flexibility index (Phi) is 5.62. The predicted molar refractivity (Wildman–Crippen MR) is 82.4 cm³/mol. The van der Waals surface area contributed by atoms with E-state index in [-0.39, 0.29) is 6.54 Å². The van der Waals surface area contributed by atoms with Gasteiger partial charge in [-0.2, -0.15) is 0 Å². The van der Waals surface area contributed by atoms with E-state index in [0.717, 1.165) is 39.0 Å². The maximum atomic E-state index is 14.3. The fourth-order valence-electron chi connectivity index (χ4n) is 3.36. The first-order valence-electron chi connectivity index (χ1n) is 8.27. The summed E-state index contributed by atoms with van der Waals surface area (Å²) in [6.45, 7) is 9.09. The molecule has 21 heavy (non-hydrogen) atoms. The molecule has 4 heteroatoms. The molecule has 0 aromatic rings. The summed E-state index contributed by atoms with van der Waals surface area (Å²) in [4.78, 5) is 3.87. The number of piperidine rings is 2. The van der Waals surface area contributed by atoms with E-state index in [1.54, 1.807) is 0 Å². The predicted octanol–water partition coefficient (Wildman–Crippen LogP) is 3.09. The first kappa shape index (κ1) is 16.7. The number of rotatable bonds is 2. The van der Waals surface area contributed by atoms with Gasteiger partial charge >= 0.3 is 0 Å². The second-order valence-corrected chi connectivity index (χ2v) is 6.69. The molecule has 0 spiro atoms. The van der Waals surface area contributed by atoms with Crippen LogP contribution in [-0.2, 0) is 0 Å². The number of hydrogen-bond acceptors (Lipinski definition) is 2. The molecule has 0 aromatic carbocycles. The van der Waals surface area contributed by atoms with Crippen LogP contribution in [0.1, 0.15) is 40.0 Å². The fourth-order valence-corrected chi connectivity index (χ4v) is 3.36. The van der Waals surface area contributed by atoms with Gasteiger partial charge in [-0.3, -0.25) is 9.80 Å². The summed E-state index contributed by atoms with van der Waals surface area (Å²) in [5, 5.41) is 0. The van der Waals surface area contributed by atoms with Crippen LogP contribution < -0.4 is 0 Å². The minimum atomic E-state index is -2.58. The van der Waals surface area contributed by atoms with Gasteiger partial charge in [0, 0.05) is 18.4 Å². The van der Waals surface area contributed by atoms with Gasteiger partial charge in [0.05, 0.1) is 12.6 Å². The first-order chi connectivity index (χ1) is 9.92. The highest BCUT2D eigenvalue weighted by Gasteiger charge is 2.47. The lowest BCUT2D eigenvalue weighted by molar-refractivity contribution is -0.130. The van der Waals surface area contributed by atoms with Gasteiger partial charge in [0.2, 0.25) is 0 Å². The number of hydrogen-bond donors (Lipinski definition) is 0. The van der Waals surface area contributed by atoms with Crippen LogP contribution in [0.2, 0.25) is 0 Å². The zero-order valence-electron chi connectivity index (χ0n) is 13.5. The highest BCUT2D eigenvalue weighted by molar-refractivity contribution is 5.07. The lowest BCUT2D eigenvalue weighted by Crippen LogP contribution is -2.59. The second kappa shape index (κ2) is 7.07. The van der Waals surface area contributed by atoms with Gasteiger partial charge in [-0.1, -0.05) is 26.7 Å². The van der Waals surface area contributed by atoms with Gasteiger partial charge < -0.3 is 0 Å². The van der Waals surface area contributed by atoms with E-state index < -0.39 is 12.0 Å². The summed E-state index contributed by atoms with van der Waals surface area (Å²) in [6.07, 6.45) is 2.46. The molecule has 0 aliphatic carbocycles. The Labute approximate surface area is 127 Å². The van der Waals surface area contributed by atoms with Crippen molar-refractivity contribution in [2.24, 2.45) is 11.8 Å². The zero-order valence-corrected chi connectivity index (χ0v) is 13.5. The van der Waals surface area contributed by atoms with E-state index in [4.69, 9.17) is 0 Å². The molecule has 2 nitrogen and oxygen atoms in total. The van der Waals surface area contributed by atoms with Gasteiger partial charge in [-0.15, -0.1) is 5.92 Å². The fraction of sp³-hybridized carbons (Fsp3) is 0.882. The third-order valence-electron chi connectivity index (χ3n) is 4.63. The lowest BCUT2D eigenvalue weighted by Gasteiger charge is -2.45. The molecule has 120 valence electrons. The molecule has 1 unspecified atom stereocenters. The monoisotopic (exact) mass is 298 g/mol. The van der Waals surface area contributed by atoms with E-state index in [2.05, 4.69) is 25.7 Å². The van der Waals surface area contributed by atoms with Crippen LogP contribution in [0, 0.1) is 23.7 Å². The Morgan fingerprint density at radius 3 is 2.33 bits per heavy atom. The molecule has 2 rings (SSSR count). The molecule has 2 heterocycles. The van der Waals surface area contributed by atoms with Crippen molar-refractivity contribution in [2.75, 3.05) is 32.7 Å². The molecule has 0 saturated carbocycles. The molecule has 0 amide bonds. The summed E-state index contributed by atoms with van der Waals surface area (Å²) in [7, 11) is 0. The van der Waals surface area contributed by atoms with Crippen LogP contribution in [0.15, 0.2) is 0 Å². The van der Waals surface area contributed by atoms with E-state index in [1.165, 1.54) is 0 Å². The Morgan fingerprint density at radius 1 is 1.14 bits per heavy atom. The third-order valence-corrected chi connectivity index (χ3v) is 4.63. The van der Waals surface area contributed by atoms with E-state index in [9.17, 15) is 8.78 Å². The molecular formula is C17H28F2N2. The summed E-state index contributed by atoms with van der Waals surface area (Å²) >= 11 is 0. The quantitative estimate of drug-likeness (QED) is 0.723. The van der Waals surface area contributed by atoms with Gasteiger partial charge in [0.1, 0.15) is 0 Å². The summed E-state index contributed by atoms with van der Waals surface area (Å²) < 4.78 is 28.7. The van der Waals surface area contributed by atoms with Crippen LogP contribution in [0.5, 0.6) is 0 Å². The number of halogens is 2. The van der Waals surface area contributed by atoms with Crippen molar-refractivity contribution < 1.29 is 8.78 Å². The third kappa shape index (κ3) is 4.40. The molecule has 2 fully saturated rings. The van der Waals surface area contributed by atoms with Crippen molar-refractivity contribution >= 4 is 0 Å². The van der Waals surface area contributed by atoms with Gasteiger partial charge in [0.25, 0.3) is 5.92 Å². The Balaban J connectivity index is 1.89. The van der Waals surface area contributed by atoms with Crippen LogP contribution in [0.4, 0.5) is 8.78 Å². The molecule has 2 aliphatic rings. The lowest BCUT2D eigenvalue weighted by atomic mass is 9.92. The van der Waals surface area contributed by atoms with Crippen molar-refractivity contribution in [1.82, 2.24) is 9.80 Å².